The number of nitrogens with one attached hydrogen (secondary N) is 2. The zero-order valence-electron chi connectivity index (χ0n) is 14.9. The van der Waals surface area contributed by atoms with Gasteiger partial charge in [0, 0.05) is 26.2 Å². The number of sulfonamides is 1. The Morgan fingerprint density at radius 3 is 2.65 bits per heavy atom. The molecule has 0 aliphatic carbocycles. The maximum atomic E-state index is 13.5. The summed E-state index contributed by atoms with van der Waals surface area (Å²) in [6.45, 7) is 2.11. The molecule has 9 heteroatoms. The molecule has 0 aromatic heterocycles. The summed E-state index contributed by atoms with van der Waals surface area (Å²) in [6, 6.07) is 3.50. The number of rotatable bonds is 5. The Balaban J connectivity index is 2.10. The molecule has 2 N–H and O–H groups in total. The van der Waals surface area contributed by atoms with Crippen molar-refractivity contribution in [2.75, 3.05) is 20.1 Å². The average molecular weight is 385 g/mol. The van der Waals surface area contributed by atoms with Crippen molar-refractivity contribution in [3.8, 4) is 0 Å². The van der Waals surface area contributed by atoms with Gasteiger partial charge in [-0.1, -0.05) is 6.42 Å². The molecule has 0 spiro atoms. The van der Waals surface area contributed by atoms with Gasteiger partial charge < -0.3 is 10.6 Å². The molecule has 144 valence electrons. The highest BCUT2D eigenvalue weighted by molar-refractivity contribution is 7.89. The van der Waals surface area contributed by atoms with Gasteiger partial charge in [-0.2, -0.15) is 4.31 Å². The summed E-state index contributed by atoms with van der Waals surface area (Å²) in [6.07, 6.45) is 2.72. The van der Waals surface area contributed by atoms with Crippen LogP contribution in [0.2, 0.25) is 0 Å². The second kappa shape index (κ2) is 8.59. The van der Waals surface area contributed by atoms with Gasteiger partial charge in [0.05, 0.1) is 4.90 Å². The molecule has 1 aliphatic heterocycles. The number of carbonyl (C=O) groups excluding carboxylic acids is 2. The maximum absolute atomic E-state index is 13.5. The predicted octanol–water partition coefficient (Wildman–Crippen LogP) is 0.930. The van der Waals surface area contributed by atoms with Crippen molar-refractivity contribution >= 4 is 21.8 Å². The van der Waals surface area contributed by atoms with E-state index < -0.39 is 27.7 Å². The van der Waals surface area contributed by atoms with Crippen LogP contribution in [0.3, 0.4) is 0 Å². The van der Waals surface area contributed by atoms with Crippen LogP contribution < -0.4 is 10.6 Å². The number of carbonyl (C=O) groups is 2. The first-order valence-electron chi connectivity index (χ1n) is 8.55. The maximum Gasteiger partial charge on any atom is 0.309 e. The zero-order chi connectivity index (χ0) is 19.3. The third kappa shape index (κ3) is 4.59. The largest absolute Gasteiger partial charge is 0.351 e. The Bertz CT molecular complexity index is 782. The summed E-state index contributed by atoms with van der Waals surface area (Å²) in [5.41, 5.74) is 0.275. The topological polar surface area (TPSA) is 95.6 Å². The Morgan fingerprint density at radius 2 is 2.00 bits per heavy atom. The molecule has 26 heavy (non-hydrogen) atoms. The number of aryl methyl sites for hydroxylation is 1. The van der Waals surface area contributed by atoms with Crippen molar-refractivity contribution in [3.05, 3.63) is 29.6 Å². The molecule has 0 radical (unpaired) electrons. The van der Waals surface area contributed by atoms with Crippen LogP contribution >= 0.6 is 0 Å². The molecule has 0 bridgehead atoms. The number of benzene rings is 1. The van der Waals surface area contributed by atoms with Crippen molar-refractivity contribution in [2.45, 2.75) is 43.5 Å². The molecule has 1 heterocycles. The van der Waals surface area contributed by atoms with E-state index in [1.807, 2.05) is 0 Å². The highest BCUT2D eigenvalue weighted by atomic mass is 32.2. The van der Waals surface area contributed by atoms with Crippen molar-refractivity contribution in [1.29, 1.82) is 0 Å². The standard InChI is InChI=1S/C17H24FN3O4S/c1-12-11-14(6-7-15(12)18)26(24,25)21-10-4-3-5-13(21)8-9-20-17(23)16(22)19-2/h6-7,11,13H,3-5,8-10H2,1-2H3,(H,19,22)(H,20,23). The molecule has 2 amide bonds. The number of piperidine rings is 1. The van der Waals surface area contributed by atoms with E-state index in [1.54, 1.807) is 0 Å². The van der Waals surface area contributed by atoms with E-state index in [1.165, 1.54) is 30.4 Å². The minimum Gasteiger partial charge on any atom is -0.351 e. The monoisotopic (exact) mass is 385 g/mol. The molecule has 0 saturated carbocycles. The fraction of sp³-hybridized carbons (Fsp3) is 0.529. The number of hydrogen-bond donors (Lipinski definition) is 2. The molecule has 2 rings (SSSR count). The molecule has 1 atom stereocenters. The van der Waals surface area contributed by atoms with Crippen LogP contribution in [0.4, 0.5) is 4.39 Å². The molecule has 1 fully saturated rings. The van der Waals surface area contributed by atoms with E-state index in [4.69, 9.17) is 0 Å². The van der Waals surface area contributed by atoms with Gasteiger partial charge in [-0.3, -0.25) is 9.59 Å². The Kier molecular flexibility index (Phi) is 6.71. The summed E-state index contributed by atoms with van der Waals surface area (Å²) in [4.78, 5) is 22.8. The average Bonchev–Trinajstić information content (AvgIpc) is 2.63. The molecular weight excluding hydrogens is 361 g/mol. The van der Waals surface area contributed by atoms with Crippen LogP contribution in [0, 0.1) is 12.7 Å². The van der Waals surface area contributed by atoms with Crippen molar-refractivity contribution in [1.82, 2.24) is 14.9 Å². The molecule has 1 saturated heterocycles. The lowest BCUT2D eigenvalue weighted by atomic mass is 10.0. The van der Waals surface area contributed by atoms with Crippen molar-refractivity contribution in [3.63, 3.8) is 0 Å². The Hall–Kier alpha value is -2.00. The quantitative estimate of drug-likeness (QED) is 0.737. The Morgan fingerprint density at radius 1 is 1.27 bits per heavy atom. The number of halogens is 1. The predicted molar refractivity (Wildman–Crippen MR) is 94.4 cm³/mol. The van der Waals surface area contributed by atoms with E-state index in [0.29, 0.717) is 19.4 Å². The van der Waals surface area contributed by atoms with Gasteiger partial charge in [0.1, 0.15) is 5.82 Å². The van der Waals surface area contributed by atoms with Gasteiger partial charge in [0.2, 0.25) is 10.0 Å². The van der Waals surface area contributed by atoms with Gasteiger partial charge in [-0.15, -0.1) is 0 Å². The zero-order valence-corrected chi connectivity index (χ0v) is 15.7. The highest BCUT2D eigenvalue weighted by Crippen LogP contribution is 2.27. The van der Waals surface area contributed by atoms with Crippen LogP contribution in [0.15, 0.2) is 23.1 Å². The van der Waals surface area contributed by atoms with E-state index in [0.717, 1.165) is 18.9 Å². The van der Waals surface area contributed by atoms with E-state index in [9.17, 15) is 22.4 Å². The number of likely N-dealkylation sites (N-methyl/N-ethyl adjacent to an activating group) is 1. The fourth-order valence-corrected chi connectivity index (χ4v) is 4.85. The lowest BCUT2D eigenvalue weighted by Crippen LogP contribution is -2.46. The first-order chi connectivity index (χ1) is 12.3. The van der Waals surface area contributed by atoms with E-state index in [-0.39, 0.29) is 23.0 Å². The van der Waals surface area contributed by atoms with Crippen molar-refractivity contribution < 1.29 is 22.4 Å². The Labute approximate surface area is 153 Å². The lowest BCUT2D eigenvalue weighted by molar-refractivity contribution is -0.138. The van der Waals surface area contributed by atoms with E-state index >= 15 is 0 Å². The molecule has 1 aromatic carbocycles. The van der Waals surface area contributed by atoms with Gasteiger partial charge in [-0.25, -0.2) is 12.8 Å². The van der Waals surface area contributed by atoms with Crippen LogP contribution in [-0.4, -0.2) is 50.7 Å². The normalized spacial score (nSPS) is 18.3. The fourth-order valence-electron chi connectivity index (χ4n) is 3.04. The van der Waals surface area contributed by atoms with Crippen molar-refractivity contribution in [2.24, 2.45) is 0 Å². The smallest absolute Gasteiger partial charge is 0.309 e. The summed E-state index contributed by atoms with van der Waals surface area (Å²) in [5.74, 6) is -1.93. The van der Waals surface area contributed by atoms with Gasteiger partial charge >= 0.3 is 11.8 Å². The molecule has 1 aliphatic rings. The molecule has 7 nitrogen and oxygen atoms in total. The second-order valence-corrected chi connectivity index (χ2v) is 8.19. The highest BCUT2D eigenvalue weighted by Gasteiger charge is 2.33. The van der Waals surface area contributed by atoms with E-state index in [2.05, 4.69) is 10.6 Å². The second-order valence-electron chi connectivity index (χ2n) is 6.30. The summed E-state index contributed by atoms with van der Waals surface area (Å²) in [5, 5.41) is 4.72. The first kappa shape index (κ1) is 20.3. The SMILES string of the molecule is CNC(=O)C(=O)NCCC1CCCCN1S(=O)(=O)c1ccc(F)c(C)c1. The molecule has 1 aromatic rings. The van der Waals surface area contributed by atoms with Crippen LogP contribution in [0.5, 0.6) is 0 Å². The minimum atomic E-state index is -3.75. The lowest BCUT2D eigenvalue weighted by Gasteiger charge is -2.34. The van der Waals surface area contributed by atoms with Gasteiger partial charge in [-0.05, 0) is 49.9 Å². The summed E-state index contributed by atoms with van der Waals surface area (Å²) < 4.78 is 40.8. The number of nitrogens with zero attached hydrogens (tertiary/aromatic N) is 1. The minimum absolute atomic E-state index is 0.0673. The van der Waals surface area contributed by atoms with Gasteiger partial charge in [0.15, 0.2) is 0 Å². The van der Waals surface area contributed by atoms with Crippen LogP contribution in [0.25, 0.3) is 0 Å². The number of amides is 2. The molecular formula is C17H24FN3O4S. The third-order valence-electron chi connectivity index (χ3n) is 4.51. The first-order valence-corrected chi connectivity index (χ1v) is 9.99. The van der Waals surface area contributed by atoms with Crippen LogP contribution in [0.1, 0.15) is 31.2 Å². The van der Waals surface area contributed by atoms with Gasteiger partial charge in [0.25, 0.3) is 0 Å². The number of hydrogen-bond acceptors (Lipinski definition) is 4. The molecule has 1 unspecified atom stereocenters. The summed E-state index contributed by atoms with van der Waals surface area (Å²) >= 11 is 0. The summed E-state index contributed by atoms with van der Waals surface area (Å²) in [7, 11) is -2.38. The third-order valence-corrected chi connectivity index (χ3v) is 6.45. The van der Waals surface area contributed by atoms with Crippen LogP contribution in [-0.2, 0) is 19.6 Å².